The van der Waals surface area contributed by atoms with Gasteiger partial charge in [0, 0.05) is 19.6 Å². The largest absolute Gasteiger partial charge is 0.414 e. The third kappa shape index (κ3) is 5.39. The fourth-order valence-corrected chi connectivity index (χ4v) is 6.12. The van der Waals surface area contributed by atoms with Gasteiger partial charge in [-0.3, -0.25) is 9.78 Å². The Bertz CT molecular complexity index is 1220. The van der Waals surface area contributed by atoms with Gasteiger partial charge in [-0.1, -0.05) is 17.7 Å². The number of alkyl halides is 3. The van der Waals surface area contributed by atoms with E-state index in [1.807, 2.05) is 0 Å². The summed E-state index contributed by atoms with van der Waals surface area (Å²) in [4.78, 5) is 16.9. The van der Waals surface area contributed by atoms with Crippen molar-refractivity contribution in [1.29, 1.82) is 0 Å². The number of halogens is 5. The van der Waals surface area contributed by atoms with Crippen LogP contribution in [0, 0.1) is 5.82 Å². The Morgan fingerprint density at radius 1 is 1.29 bits per heavy atom. The Morgan fingerprint density at radius 3 is 2.63 bits per heavy atom. The number of amides is 1. The van der Waals surface area contributed by atoms with Crippen molar-refractivity contribution in [2.75, 3.05) is 31.2 Å². The third-order valence-corrected chi connectivity index (χ3v) is 8.45. The van der Waals surface area contributed by atoms with Crippen molar-refractivity contribution in [3.8, 4) is 0 Å². The van der Waals surface area contributed by atoms with Crippen LogP contribution in [0.2, 0.25) is 5.02 Å². The number of hydrogen-bond acceptors (Lipinski definition) is 5. The quantitative estimate of drug-likeness (QED) is 0.573. The standard InChI is InChI=1S/C22H23ClF4N4O3S/c1-30(19(32)12-31-7-2-8-35(31,33)34)21(22(25,26)27)18-6-4-14(11-28-18)29-15-9-13-3-5-17(23)20(24)16(13)10-15/h3-6,11,15,21,29H,2,7-10,12H2,1H3. The van der Waals surface area contributed by atoms with E-state index in [-0.39, 0.29) is 23.4 Å². The highest BCUT2D eigenvalue weighted by Gasteiger charge is 2.47. The van der Waals surface area contributed by atoms with E-state index in [1.54, 1.807) is 6.07 Å². The van der Waals surface area contributed by atoms with Gasteiger partial charge in [0.15, 0.2) is 6.04 Å². The van der Waals surface area contributed by atoms with Crippen molar-refractivity contribution in [2.24, 2.45) is 0 Å². The Morgan fingerprint density at radius 2 is 2.03 bits per heavy atom. The highest BCUT2D eigenvalue weighted by atomic mass is 35.5. The van der Waals surface area contributed by atoms with Crippen LogP contribution >= 0.6 is 11.6 Å². The van der Waals surface area contributed by atoms with Gasteiger partial charge in [0.1, 0.15) is 5.82 Å². The van der Waals surface area contributed by atoms with Crippen LogP contribution in [0.15, 0.2) is 30.5 Å². The molecule has 1 amide bonds. The van der Waals surface area contributed by atoms with E-state index in [2.05, 4.69) is 10.3 Å². The zero-order valence-corrected chi connectivity index (χ0v) is 20.2. The van der Waals surface area contributed by atoms with Gasteiger partial charge in [-0.15, -0.1) is 0 Å². The number of fused-ring (bicyclic) bond motifs is 1. The molecule has 0 bridgehead atoms. The number of rotatable bonds is 6. The lowest BCUT2D eigenvalue weighted by Gasteiger charge is -2.30. The molecule has 13 heteroatoms. The molecule has 2 aromatic rings. The number of carbonyl (C=O) groups excluding carboxylic acids is 1. The van der Waals surface area contributed by atoms with Crippen molar-refractivity contribution < 1.29 is 30.8 Å². The summed E-state index contributed by atoms with van der Waals surface area (Å²) in [5.74, 6) is -1.58. The Kier molecular flexibility index (Phi) is 7.00. The molecular formula is C22H23ClF4N4O3S. The summed E-state index contributed by atoms with van der Waals surface area (Å²) in [5.41, 5.74) is 1.36. The molecule has 0 radical (unpaired) electrons. The van der Waals surface area contributed by atoms with E-state index in [9.17, 15) is 30.8 Å². The van der Waals surface area contributed by atoms with Crippen LogP contribution in [0.4, 0.5) is 23.2 Å². The Labute approximate surface area is 205 Å². The van der Waals surface area contributed by atoms with E-state index in [0.29, 0.717) is 35.4 Å². The number of carbonyl (C=O) groups is 1. The first kappa shape index (κ1) is 25.6. The maximum absolute atomic E-state index is 14.2. The monoisotopic (exact) mass is 534 g/mol. The topological polar surface area (TPSA) is 82.6 Å². The van der Waals surface area contributed by atoms with Crippen molar-refractivity contribution in [3.63, 3.8) is 0 Å². The molecule has 1 aliphatic carbocycles. The first-order valence-electron chi connectivity index (χ1n) is 10.9. The summed E-state index contributed by atoms with van der Waals surface area (Å²) >= 11 is 5.84. The molecular weight excluding hydrogens is 512 g/mol. The fraction of sp³-hybridized carbons (Fsp3) is 0.455. The van der Waals surface area contributed by atoms with Crippen LogP contribution in [-0.2, 0) is 27.7 Å². The molecule has 4 rings (SSSR count). The first-order valence-corrected chi connectivity index (χ1v) is 12.8. The van der Waals surface area contributed by atoms with Crippen LogP contribution in [0.3, 0.4) is 0 Å². The van der Waals surface area contributed by atoms with Gasteiger partial charge in [0.2, 0.25) is 15.9 Å². The number of anilines is 1. The third-order valence-electron chi connectivity index (χ3n) is 6.25. The lowest BCUT2D eigenvalue weighted by atomic mass is 10.1. The number of benzene rings is 1. The predicted molar refractivity (Wildman–Crippen MR) is 122 cm³/mol. The molecule has 2 heterocycles. The van der Waals surface area contributed by atoms with Crippen molar-refractivity contribution >= 4 is 33.2 Å². The van der Waals surface area contributed by atoms with Crippen LogP contribution in [0.5, 0.6) is 0 Å². The van der Waals surface area contributed by atoms with Gasteiger partial charge in [0.05, 0.1) is 34.9 Å². The number of likely N-dealkylation sites (N-methyl/N-ethyl adjacent to an activating group) is 1. The van der Waals surface area contributed by atoms with Crippen LogP contribution in [0.25, 0.3) is 0 Å². The average molecular weight is 535 g/mol. The molecule has 1 saturated heterocycles. The van der Waals surface area contributed by atoms with E-state index in [4.69, 9.17) is 11.6 Å². The zero-order chi connectivity index (χ0) is 25.5. The minimum atomic E-state index is -4.83. The minimum Gasteiger partial charge on any atom is -0.380 e. The Balaban J connectivity index is 1.46. The smallest absolute Gasteiger partial charge is 0.380 e. The van der Waals surface area contributed by atoms with Gasteiger partial charge in [0.25, 0.3) is 0 Å². The summed E-state index contributed by atoms with van der Waals surface area (Å²) in [6.07, 6.45) is -2.40. The molecule has 0 saturated carbocycles. The minimum absolute atomic E-state index is 0.0367. The summed E-state index contributed by atoms with van der Waals surface area (Å²) < 4.78 is 80.7. The summed E-state index contributed by atoms with van der Waals surface area (Å²) in [5, 5.41) is 3.18. The second-order valence-electron chi connectivity index (χ2n) is 8.67. The summed E-state index contributed by atoms with van der Waals surface area (Å²) in [7, 11) is -2.66. The van der Waals surface area contributed by atoms with Gasteiger partial charge < -0.3 is 10.2 Å². The maximum Gasteiger partial charge on any atom is 0.414 e. The van der Waals surface area contributed by atoms with E-state index in [0.717, 1.165) is 23.0 Å². The van der Waals surface area contributed by atoms with Crippen molar-refractivity contribution in [2.45, 2.75) is 37.5 Å². The number of hydrogen-bond donors (Lipinski definition) is 1. The maximum atomic E-state index is 14.2. The van der Waals surface area contributed by atoms with E-state index >= 15 is 0 Å². The molecule has 2 unspecified atom stereocenters. The van der Waals surface area contributed by atoms with E-state index in [1.165, 1.54) is 18.3 Å². The highest BCUT2D eigenvalue weighted by Crippen LogP contribution is 2.37. The highest BCUT2D eigenvalue weighted by molar-refractivity contribution is 7.89. The number of nitrogens with one attached hydrogen (secondary N) is 1. The molecule has 1 fully saturated rings. The number of aromatic nitrogens is 1. The van der Waals surface area contributed by atoms with E-state index < -0.39 is 46.2 Å². The molecule has 0 spiro atoms. The first-order chi connectivity index (χ1) is 16.4. The Hall–Kier alpha value is -2.44. The number of sulfonamides is 1. The second-order valence-corrected chi connectivity index (χ2v) is 11.2. The van der Waals surface area contributed by atoms with Crippen LogP contribution in [-0.4, -0.2) is 66.6 Å². The molecule has 190 valence electrons. The van der Waals surface area contributed by atoms with Gasteiger partial charge >= 0.3 is 6.18 Å². The zero-order valence-electron chi connectivity index (χ0n) is 18.6. The van der Waals surface area contributed by atoms with Crippen LogP contribution < -0.4 is 5.32 Å². The summed E-state index contributed by atoms with van der Waals surface area (Å²) in [6, 6.07) is 3.28. The second kappa shape index (κ2) is 9.55. The molecule has 2 aliphatic rings. The molecule has 7 nitrogen and oxygen atoms in total. The number of pyridine rings is 1. The van der Waals surface area contributed by atoms with Gasteiger partial charge in [-0.25, -0.2) is 12.8 Å². The molecule has 1 aliphatic heterocycles. The molecule has 1 aromatic heterocycles. The molecule has 2 atom stereocenters. The fourth-order valence-electron chi connectivity index (χ4n) is 4.48. The average Bonchev–Trinajstić information content (AvgIpc) is 3.33. The normalized spacial score (nSPS) is 20.5. The van der Waals surface area contributed by atoms with Gasteiger partial charge in [-0.2, -0.15) is 17.5 Å². The summed E-state index contributed by atoms with van der Waals surface area (Å²) in [6.45, 7) is -0.563. The van der Waals surface area contributed by atoms with Gasteiger partial charge in [-0.05, 0) is 48.6 Å². The lowest BCUT2D eigenvalue weighted by molar-refractivity contribution is -0.189. The SMILES string of the molecule is CN(C(=O)CN1CCCS1(=O)=O)C(c1ccc(NC2Cc3ccc(Cl)c(F)c3C2)cn1)C(F)(F)F. The molecule has 35 heavy (non-hydrogen) atoms. The van der Waals surface area contributed by atoms with Crippen molar-refractivity contribution in [1.82, 2.24) is 14.2 Å². The molecule has 1 N–H and O–H groups in total. The lowest BCUT2D eigenvalue weighted by Crippen LogP contribution is -2.45. The van der Waals surface area contributed by atoms with Crippen molar-refractivity contribution in [3.05, 3.63) is 58.1 Å². The molecule has 1 aromatic carbocycles. The van der Waals surface area contributed by atoms with Crippen LogP contribution in [0.1, 0.15) is 29.3 Å². The predicted octanol–water partition coefficient (Wildman–Crippen LogP) is 3.55. The number of nitrogens with zero attached hydrogens (tertiary/aromatic N) is 3.